The molecular formula is C12H21NO4. The second-order valence-electron chi connectivity index (χ2n) is 4.39. The van der Waals surface area contributed by atoms with Crippen LogP contribution in [0.5, 0.6) is 0 Å². The zero-order valence-corrected chi connectivity index (χ0v) is 10.6. The molecule has 0 aromatic heterocycles. The van der Waals surface area contributed by atoms with Crippen molar-refractivity contribution in [1.29, 1.82) is 0 Å². The van der Waals surface area contributed by atoms with Crippen LogP contribution in [0.25, 0.3) is 0 Å². The van der Waals surface area contributed by atoms with Gasteiger partial charge in [0.15, 0.2) is 0 Å². The van der Waals surface area contributed by atoms with E-state index in [9.17, 15) is 9.59 Å². The van der Waals surface area contributed by atoms with Crippen LogP contribution in [0.3, 0.4) is 0 Å². The molecular weight excluding hydrogens is 222 g/mol. The zero-order chi connectivity index (χ0) is 12.7. The van der Waals surface area contributed by atoms with Crippen LogP contribution in [-0.2, 0) is 19.1 Å². The van der Waals surface area contributed by atoms with Gasteiger partial charge in [-0.2, -0.15) is 0 Å². The van der Waals surface area contributed by atoms with Gasteiger partial charge in [-0.15, -0.1) is 0 Å². The first-order valence-electron chi connectivity index (χ1n) is 6.05. The molecule has 0 saturated heterocycles. The fourth-order valence-electron chi connectivity index (χ4n) is 2.29. The van der Waals surface area contributed by atoms with Gasteiger partial charge in [-0.1, -0.05) is 12.8 Å². The van der Waals surface area contributed by atoms with Crippen molar-refractivity contribution >= 4 is 11.9 Å². The first kappa shape index (κ1) is 14.0. The maximum Gasteiger partial charge on any atom is 0.326 e. The Balaban J connectivity index is 2.35. The van der Waals surface area contributed by atoms with E-state index in [4.69, 9.17) is 4.74 Å². The lowest BCUT2D eigenvalue weighted by molar-refractivity contribution is -0.148. The van der Waals surface area contributed by atoms with E-state index in [1.54, 1.807) is 0 Å². The quantitative estimate of drug-likeness (QED) is 0.557. The summed E-state index contributed by atoms with van der Waals surface area (Å²) >= 11 is 0. The van der Waals surface area contributed by atoms with Crippen molar-refractivity contribution in [1.82, 2.24) is 5.32 Å². The third kappa shape index (κ3) is 3.70. The molecule has 5 nitrogen and oxygen atoms in total. The van der Waals surface area contributed by atoms with Crippen molar-refractivity contribution in [2.24, 2.45) is 0 Å². The summed E-state index contributed by atoms with van der Waals surface area (Å²) in [5, 5.41) is 3.24. The van der Waals surface area contributed by atoms with Gasteiger partial charge in [-0.05, 0) is 25.8 Å². The monoisotopic (exact) mass is 243 g/mol. The molecule has 0 radical (unpaired) electrons. The number of nitrogens with one attached hydrogen (secondary N) is 1. The molecule has 0 aliphatic heterocycles. The summed E-state index contributed by atoms with van der Waals surface area (Å²) in [4.78, 5) is 22.7. The Morgan fingerprint density at radius 2 is 1.82 bits per heavy atom. The Bertz CT molecular complexity index is 272. The highest BCUT2D eigenvalue weighted by Gasteiger charge is 2.41. The predicted molar refractivity (Wildman–Crippen MR) is 62.5 cm³/mol. The highest BCUT2D eigenvalue weighted by molar-refractivity contribution is 5.81. The van der Waals surface area contributed by atoms with Crippen LogP contribution in [0.2, 0.25) is 0 Å². The molecule has 0 unspecified atom stereocenters. The van der Waals surface area contributed by atoms with Crippen LogP contribution in [0.4, 0.5) is 0 Å². The van der Waals surface area contributed by atoms with E-state index in [0.717, 1.165) is 25.7 Å². The van der Waals surface area contributed by atoms with Crippen LogP contribution in [0.15, 0.2) is 0 Å². The molecule has 1 rings (SSSR count). The summed E-state index contributed by atoms with van der Waals surface area (Å²) in [5.74, 6) is -0.404. The number of rotatable bonds is 6. The number of methoxy groups -OCH3 is 2. The summed E-state index contributed by atoms with van der Waals surface area (Å²) in [5.41, 5.74) is -0.523. The van der Waals surface area contributed by atoms with Crippen molar-refractivity contribution in [2.75, 3.05) is 20.8 Å². The second kappa shape index (κ2) is 6.59. The lowest BCUT2D eigenvalue weighted by Crippen LogP contribution is -2.50. The average Bonchev–Trinajstić information content (AvgIpc) is 2.83. The molecule has 1 fully saturated rings. The Labute approximate surface area is 102 Å². The zero-order valence-electron chi connectivity index (χ0n) is 10.6. The van der Waals surface area contributed by atoms with Gasteiger partial charge in [-0.3, -0.25) is 9.59 Å². The van der Waals surface area contributed by atoms with Crippen molar-refractivity contribution in [3.63, 3.8) is 0 Å². The topological polar surface area (TPSA) is 64.6 Å². The van der Waals surface area contributed by atoms with E-state index in [1.165, 1.54) is 14.2 Å². The highest BCUT2D eigenvalue weighted by atomic mass is 16.5. The minimum absolute atomic E-state index is 0.187. The van der Waals surface area contributed by atoms with Gasteiger partial charge in [0.1, 0.15) is 5.54 Å². The van der Waals surface area contributed by atoms with Gasteiger partial charge >= 0.3 is 11.9 Å². The van der Waals surface area contributed by atoms with Gasteiger partial charge < -0.3 is 14.8 Å². The van der Waals surface area contributed by atoms with Gasteiger partial charge in [-0.25, -0.2) is 0 Å². The molecule has 0 atom stereocenters. The Hall–Kier alpha value is -1.10. The van der Waals surface area contributed by atoms with E-state index in [-0.39, 0.29) is 11.9 Å². The summed E-state index contributed by atoms with van der Waals surface area (Å²) in [6.07, 6.45) is 4.76. The van der Waals surface area contributed by atoms with E-state index in [0.29, 0.717) is 19.4 Å². The maximum absolute atomic E-state index is 11.7. The molecule has 0 aromatic carbocycles. The van der Waals surface area contributed by atoms with Gasteiger partial charge in [0.2, 0.25) is 0 Å². The number of esters is 2. The summed E-state index contributed by atoms with van der Waals surface area (Å²) in [6.45, 7) is 0.629. The number of ether oxygens (including phenoxy) is 2. The maximum atomic E-state index is 11.7. The summed E-state index contributed by atoms with van der Waals surface area (Å²) < 4.78 is 9.40. The number of hydrogen-bond acceptors (Lipinski definition) is 5. The van der Waals surface area contributed by atoms with Gasteiger partial charge in [0.05, 0.1) is 14.2 Å². The Morgan fingerprint density at radius 1 is 1.18 bits per heavy atom. The molecule has 98 valence electrons. The lowest BCUT2D eigenvalue weighted by atomic mass is 9.97. The van der Waals surface area contributed by atoms with E-state index in [1.807, 2.05) is 0 Å². The molecule has 5 heteroatoms. The molecule has 0 bridgehead atoms. The smallest absolute Gasteiger partial charge is 0.326 e. The van der Waals surface area contributed by atoms with Crippen molar-refractivity contribution in [2.45, 2.75) is 44.1 Å². The SMILES string of the molecule is COC(=O)CCCNC1(C(=O)OC)CCCC1. The average molecular weight is 243 g/mol. The van der Waals surface area contributed by atoms with Gasteiger partial charge in [0, 0.05) is 6.42 Å². The minimum Gasteiger partial charge on any atom is -0.469 e. The van der Waals surface area contributed by atoms with Crippen LogP contribution in [-0.4, -0.2) is 38.2 Å². The second-order valence-corrected chi connectivity index (χ2v) is 4.39. The van der Waals surface area contributed by atoms with Crippen molar-refractivity contribution < 1.29 is 19.1 Å². The molecule has 0 amide bonds. The molecule has 0 aromatic rings. The number of carbonyl (C=O) groups is 2. The first-order chi connectivity index (χ1) is 8.14. The first-order valence-corrected chi connectivity index (χ1v) is 6.05. The molecule has 0 spiro atoms. The third-order valence-corrected chi connectivity index (χ3v) is 3.28. The normalized spacial score (nSPS) is 17.8. The van der Waals surface area contributed by atoms with Crippen molar-refractivity contribution in [3.05, 3.63) is 0 Å². The molecule has 1 aliphatic carbocycles. The largest absolute Gasteiger partial charge is 0.469 e. The van der Waals surface area contributed by atoms with E-state index >= 15 is 0 Å². The number of hydrogen-bond donors (Lipinski definition) is 1. The Morgan fingerprint density at radius 3 is 2.35 bits per heavy atom. The summed E-state index contributed by atoms with van der Waals surface area (Å²) in [7, 11) is 2.79. The molecule has 1 saturated carbocycles. The molecule has 1 aliphatic rings. The molecule has 1 N–H and O–H groups in total. The minimum atomic E-state index is -0.523. The number of carbonyl (C=O) groups excluding carboxylic acids is 2. The summed E-state index contributed by atoms with van der Waals surface area (Å²) in [6, 6.07) is 0. The fraction of sp³-hybridized carbons (Fsp3) is 0.833. The van der Waals surface area contributed by atoms with E-state index in [2.05, 4.69) is 10.1 Å². The van der Waals surface area contributed by atoms with Crippen LogP contribution < -0.4 is 5.32 Å². The standard InChI is InChI=1S/C12H21NO4/c1-16-10(14)6-5-9-13-12(11(15)17-2)7-3-4-8-12/h13H,3-9H2,1-2H3. The molecule has 0 heterocycles. The van der Waals surface area contributed by atoms with E-state index < -0.39 is 5.54 Å². The van der Waals surface area contributed by atoms with Crippen molar-refractivity contribution in [3.8, 4) is 0 Å². The lowest BCUT2D eigenvalue weighted by Gasteiger charge is -2.27. The molecule has 17 heavy (non-hydrogen) atoms. The van der Waals surface area contributed by atoms with Crippen LogP contribution in [0, 0.1) is 0 Å². The third-order valence-electron chi connectivity index (χ3n) is 3.28. The Kier molecular flexibility index (Phi) is 5.41. The van der Waals surface area contributed by atoms with Crippen LogP contribution >= 0.6 is 0 Å². The van der Waals surface area contributed by atoms with Crippen LogP contribution in [0.1, 0.15) is 38.5 Å². The fourth-order valence-corrected chi connectivity index (χ4v) is 2.29. The van der Waals surface area contributed by atoms with Gasteiger partial charge in [0.25, 0.3) is 0 Å². The highest BCUT2D eigenvalue weighted by Crippen LogP contribution is 2.30. The predicted octanol–water partition coefficient (Wildman–Crippen LogP) is 1.01.